The maximum absolute atomic E-state index is 13.1. The van der Waals surface area contributed by atoms with Crippen molar-refractivity contribution in [2.75, 3.05) is 10.7 Å². The quantitative estimate of drug-likeness (QED) is 0.363. The average molecular weight is 427 g/mol. The van der Waals surface area contributed by atoms with Crippen molar-refractivity contribution in [1.82, 2.24) is 4.98 Å². The Labute approximate surface area is 185 Å². The molecule has 154 valence electrons. The Morgan fingerprint density at radius 1 is 0.968 bits per heavy atom. The third-order valence-electron chi connectivity index (χ3n) is 5.49. The maximum Gasteiger partial charge on any atom is 0.257 e. The Kier molecular flexibility index (Phi) is 5.35. The molecule has 0 bridgehead atoms. The number of carbonyl (C=O) groups excluding carboxylic acids is 1. The number of amides is 1. The number of benzene rings is 3. The molecule has 1 aliphatic heterocycles. The molecule has 1 amide bonds. The molecule has 31 heavy (non-hydrogen) atoms. The number of aromatic nitrogens is 1. The molecule has 2 heterocycles. The number of rotatable bonds is 5. The summed E-state index contributed by atoms with van der Waals surface area (Å²) in [4.78, 5) is 19.7. The molecule has 0 saturated heterocycles. The number of fused-ring (bicyclic) bond motifs is 1. The Balaban J connectivity index is 1.40. The molecule has 0 radical (unpaired) electrons. The van der Waals surface area contributed by atoms with Crippen molar-refractivity contribution in [1.29, 1.82) is 0 Å². The zero-order valence-electron chi connectivity index (χ0n) is 17.2. The summed E-state index contributed by atoms with van der Waals surface area (Å²) in [6, 6.07) is 28.2. The summed E-state index contributed by atoms with van der Waals surface area (Å²) in [5, 5.41) is 0.506. The van der Waals surface area contributed by atoms with Gasteiger partial charge in [0.25, 0.3) is 5.22 Å². The van der Waals surface area contributed by atoms with E-state index in [-0.39, 0.29) is 17.7 Å². The van der Waals surface area contributed by atoms with Crippen molar-refractivity contribution in [2.45, 2.75) is 24.6 Å². The number of oxazole rings is 1. The lowest BCUT2D eigenvalue weighted by atomic mass is 10.1. The summed E-state index contributed by atoms with van der Waals surface area (Å²) < 4.78 is 6.15. The highest BCUT2D eigenvalue weighted by atomic mass is 32.2. The molecular formula is C26H22N2O2S. The first-order valence-corrected chi connectivity index (χ1v) is 11.3. The van der Waals surface area contributed by atoms with Crippen LogP contribution < -0.4 is 4.90 Å². The van der Waals surface area contributed by atoms with Crippen LogP contribution in [0.2, 0.25) is 0 Å². The van der Waals surface area contributed by atoms with Gasteiger partial charge in [-0.05, 0) is 25.0 Å². The molecule has 4 nitrogen and oxygen atoms in total. The van der Waals surface area contributed by atoms with E-state index in [2.05, 4.69) is 13.0 Å². The summed E-state index contributed by atoms with van der Waals surface area (Å²) in [6.45, 7) is 2.09. The van der Waals surface area contributed by atoms with Gasteiger partial charge in [0.2, 0.25) is 5.91 Å². The second kappa shape index (κ2) is 8.44. The third kappa shape index (κ3) is 3.89. The van der Waals surface area contributed by atoms with Gasteiger partial charge in [0.15, 0.2) is 5.76 Å². The molecule has 0 saturated carbocycles. The van der Waals surface area contributed by atoms with E-state index in [1.807, 2.05) is 83.8 Å². The molecule has 0 spiro atoms. The third-order valence-corrected chi connectivity index (χ3v) is 6.30. The van der Waals surface area contributed by atoms with Crippen molar-refractivity contribution in [3.63, 3.8) is 0 Å². The smallest absolute Gasteiger partial charge is 0.257 e. The Bertz CT molecular complexity index is 1150. The van der Waals surface area contributed by atoms with Gasteiger partial charge >= 0.3 is 0 Å². The maximum atomic E-state index is 13.1. The Morgan fingerprint density at radius 3 is 2.35 bits per heavy atom. The molecule has 0 aliphatic carbocycles. The first-order chi connectivity index (χ1) is 15.2. The van der Waals surface area contributed by atoms with E-state index < -0.39 is 0 Å². The zero-order valence-corrected chi connectivity index (χ0v) is 18.0. The number of thioether (sulfide) groups is 1. The minimum absolute atomic E-state index is 0.0724. The molecular weight excluding hydrogens is 404 g/mol. The van der Waals surface area contributed by atoms with Crippen LogP contribution in [-0.4, -0.2) is 22.7 Å². The van der Waals surface area contributed by atoms with Gasteiger partial charge in [0.1, 0.15) is 5.69 Å². The number of carbonyl (C=O) groups is 1. The molecule has 1 atom stereocenters. The number of para-hydroxylation sites is 1. The van der Waals surface area contributed by atoms with E-state index in [4.69, 9.17) is 9.40 Å². The molecule has 1 aliphatic rings. The lowest BCUT2D eigenvalue weighted by Gasteiger charge is -2.22. The zero-order chi connectivity index (χ0) is 21.2. The van der Waals surface area contributed by atoms with Crippen LogP contribution >= 0.6 is 11.8 Å². The van der Waals surface area contributed by atoms with Crippen molar-refractivity contribution in [3.05, 3.63) is 90.5 Å². The summed E-state index contributed by atoms with van der Waals surface area (Å²) >= 11 is 1.35. The second-order valence-electron chi connectivity index (χ2n) is 7.62. The largest absolute Gasteiger partial charge is 0.431 e. The lowest BCUT2D eigenvalue weighted by molar-refractivity contribution is -0.116. The van der Waals surface area contributed by atoms with E-state index in [9.17, 15) is 4.79 Å². The van der Waals surface area contributed by atoms with Crippen molar-refractivity contribution in [2.24, 2.45) is 0 Å². The van der Waals surface area contributed by atoms with Gasteiger partial charge < -0.3 is 9.32 Å². The fourth-order valence-electron chi connectivity index (χ4n) is 4.08. The van der Waals surface area contributed by atoms with E-state index in [1.165, 1.54) is 17.3 Å². The minimum Gasteiger partial charge on any atom is -0.431 e. The molecule has 4 aromatic rings. The molecule has 3 aromatic carbocycles. The monoisotopic (exact) mass is 426 g/mol. The van der Waals surface area contributed by atoms with E-state index >= 15 is 0 Å². The van der Waals surface area contributed by atoms with E-state index in [0.717, 1.165) is 34.7 Å². The van der Waals surface area contributed by atoms with Crippen molar-refractivity contribution < 1.29 is 9.21 Å². The van der Waals surface area contributed by atoms with E-state index in [1.54, 1.807) is 0 Å². The fourth-order valence-corrected chi connectivity index (χ4v) is 4.76. The predicted molar refractivity (Wildman–Crippen MR) is 125 cm³/mol. The van der Waals surface area contributed by atoms with Crippen LogP contribution in [0, 0.1) is 0 Å². The fraction of sp³-hybridized carbons (Fsp3) is 0.154. The van der Waals surface area contributed by atoms with Crippen molar-refractivity contribution >= 4 is 23.4 Å². The van der Waals surface area contributed by atoms with Gasteiger partial charge in [-0.3, -0.25) is 4.79 Å². The summed E-state index contributed by atoms with van der Waals surface area (Å²) in [5.74, 6) is 1.08. The molecule has 5 heteroatoms. The van der Waals surface area contributed by atoms with Crippen LogP contribution in [0.5, 0.6) is 0 Å². The van der Waals surface area contributed by atoms with Gasteiger partial charge in [-0.1, -0.05) is 90.6 Å². The van der Waals surface area contributed by atoms with Gasteiger partial charge in [-0.2, -0.15) is 0 Å². The number of hydrogen-bond acceptors (Lipinski definition) is 4. The van der Waals surface area contributed by atoms with Crippen LogP contribution in [0.25, 0.3) is 22.6 Å². The number of nitrogens with zero attached hydrogens (tertiary/aromatic N) is 2. The van der Waals surface area contributed by atoms with Crippen LogP contribution in [0.1, 0.15) is 12.5 Å². The highest BCUT2D eigenvalue weighted by Gasteiger charge is 2.30. The molecule has 5 rings (SSSR count). The number of hydrogen-bond donors (Lipinski definition) is 0. The van der Waals surface area contributed by atoms with Crippen molar-refractivity contribution in [3.8, 4) is 22.6 Å². The first kappa shape index (κ1) is 19.6. The average Bonchev–Trinajstić information content (AvgIpc) is 3.39. The summed E-state index contributed by atoms with van der Waals surface area (Å²) in [7, 11) is 0. The van der Waals surface area contributed by atoms with Crippen LogP contribution in [-0.2, 0) is 11.2 Å². The van der Waals surface area contributed by atoms with Gasteiger partial charge in [0.05, 0.1) is 5.75 Å². The minimum atomic E-state index is 0.0724. The number of anilines is 1. The van der Waals surface area contributed by atoms with Crippen LogP contribution in [0.4, 0.5) is 5.69 Å². The van der Waals surface area contributed by atoms with Gasteiger partial charge in [-0.25, -0.2) is 4.98 Å². The second-order valence-corrected chi connectivity index (χ2v) is 8.55. The standard InChI is InChI=1S/C26H22N2O2S/c1-18-16-21-14-8-9-15-22(21)28(18)23(29)17-31-26-27-24(19-10-4-2-5-11-19)25(30-26)20-12-6-3-7-13-20/h2-15,18H,16-17H2,1H3. The molecule has 0 fully saturated rings. The topological polar surface area (TPSA) is 46.3 Å². The highest BCUT2D eigenvalue weighted by Crippen LogP contribution is 2.37. The normalized spacial score (nSPS) is 15.1. The molecule has 0 N–H and O–H groups in total. The van der Waals surface area contributed by atoms with Gasteiger partial charge in [0, 0.05) is 22.9 Å². The Hall–Kier alpha value is -3.31. The van der Waals surface area contributed by atoms with Gasteiger partial charge in [-0.15, -0.1) is 0 Å². The predicted octanol–water partition coefficient (Wildman–Crippen LogP) is 6.08. The van der Waals surface area contributed by atoms with E-state index in [0.29, 0.717) is 5.22 Å². The SMILES string of the molecule is CC1Cc2ccccc2N1C(=O)CSc1nc(-c2ccccc2)c(-c2ccccc2)o1. The molecule has 1 aromatic heterocycles. The Morgan fingerprint density at radius 2 is 1.61 bits per heavy atom. The first-order valence-electron chi connectivity index (χ1n) is 10.3. The molecule has 1 unspecified atom stereocenters. The lowest BCUT2D eigenvalue weighted by Crippen LogP contribution is -2.36. The highest BCUT2D eigenvalue weighted by molar-refractivity contribution is 7.99. The van der Waals surface area contributed by atoms with Crippen LogP contribution in [0.3, 0.4) is 0 Å². The van der Waals surface area contributed by atoms with Crippen LogP contribution in [0.15, 0.2) is 94.6 Å². The summed E-state index contributed by atoms with van der Waals surface area (Å²) in [5.41, 5.74) is 4.99. The summed E-state index contributed by atoms with van der Waals surface area (Å²) in [6.07, 6.45) is 0.891.